The minimum Gasteiger partial charge on any atom is -0.455 e. The highest BCUT2D eigenvalue weighted by molar-refractivity contribution is 6.18. The van der Waals surface area contributed by atoms with Crippen molar-refractivity contribution in [2.75, 3.05) is 4.90 Å². The maximum absolute atomic E-state index is 6.87. The molecule has 54 heavy (non-hydrogen) atoms. The van der Waals surface area contributed by atoms with Gasteiger partial charge in [-0.2, -0.15) is 0 Å². The van der Waals surface area contributed by atoms with Gasteiger partial charge in [0, 0.05) is 22.3 Å². The molecule has 10 rings (SSSR count). The second kappa shape index (κ2) is 13.4. The van der Waals surface area contributed by atoms with Crippen LogP contribution in [0.3, 0.4) is 0 Å². The van der Waals surface area contributed by atoms with Crippen LogP contribution in [0.1, 0.15) is 0 Å². The Bertz CT molecular complexity index is 2940. The Labute approximate surface area is 314 Å². The number of anilines is 3. The van der Waals surface area contributed by atoms with Gasteiger partial charge >= 0.3 is 0 Å². The lowest BCUT2D eigenvalue weighted by Gasteiger charge is -2.28. The molecule has 0 atom stereocenters. The Hall–Kier alpha value is -7.16. The molecule has 0 bridgehead atoms. The normalized spacial score (nSPS) is 11.3. The third-order valence-corrected chi connectivity index (χ3v) is 10.5. The first-order valence-corrected chi connectivity index (χ1v) is 18.4. The number of nitrogens with zero attached hydrogens (tertiary/aromatic N) is 1. The molecule has 0 saturated carbocycles. The number of fused-ring (bicyclic) bond motifs is 4. The lowest BCUT2D eigenvalue weighted by Crippen LogP contribution is -2.11. The molecule has 0 aliphatic heterocycles. The molecule has 0 saturated heterocycles. The number of para-hydroxylation sites is 1. The molecule has 0 spiro atoms. The third-order valence-electron chi connectivity index (χ3n) is 10.5. The van der Waals surface area contributed by atoms with E-state index in [1.165, 1.54) is 33.0 Å². The van der Waals surface area contributed by atoms with Crippen molar-refractivity contribution in [3.05, 3.63) is 212 Å². The van der Waals surface area contributed by atoms with Crippen LogP contribution in [0, 0.1) is 0 Å². The molecular formula is C52H35NO. The van der Waals surface area contributed by atoms with Gasteiger partial charge in [-0.05, 0) is 92.2 Å². The highest BCUT2D eigenvalue weighted by atomic mass is 16.3. The summed E-state index contributed by atoms with van der Waals surface area (Å²) in [5.74, 6) is 0. The largest absolute Gasteiger partial charge is 0.455 e. The molecule has 2 nitrogen and oxygen atoms in total. The van der Waals surface area contributed by atoms with Gasteiger partial charge in [0.1, 0.15) is 11.2 Å². The maximum atomic E-state index is 6.87. The fraction of sp³-hybridized carbons (Fsp3) is 0. The van der Waals surface area contributed by atoms with Crippen molar-refractivity contribution in [3.8, 4) is 44.5 Å². The van der Waals surface area contributed by atoms with E-state index in [2.05, 4.69) is 217 Å². The minimum absolute atomic E-state index is 0.866. The van der Waals surface area contributed by atoms with Crippen LogP contribution in [0.25, 0.3) is 77.2 Å². The van der Waals surface area contributed by atoms with Crippen LogP contribution in [0.2, 0.25) is 0 Å². The summed E-state index contributed by atoms with van der Waals surface area (Å²) in [6.45, 7) is 0. The van der Waals surface area contributed by atoms with E-state index < -0.39 is 0 Å². The van der Waals surface area contributed by atoms with Crippen molar-refractivity contribution in [1.29, 1.82) is 0 Å². The summed E-state index contributed by atoms with van der Waals surface area (Å²) in [6, 6.07) is 75.8. The zero-order valence-electron chi connectivity index (χ0n) is 29.6. The highest BCUT2D eigenvalue weighted by Crippen LogP contribution is 2.48. The van der Waals surface area contributed by atoms with Crippen molar-refractivity contribution < 1.29 is 4.42 Å². The Morgan fingerprint density at radius 3 is 1.65 bits per heavy atom. The molecule has 0 N–H and O–H groups in total. The van der Waals surface area contributed by atoms with Crippen molar-refractivity contribution in [2.45, 2.75) is 0 Å². The molecule has 1 aromatic heterocycles. The lowest BCUT2D eigenvalue weighted by molar-refractivity contribution is 0.670. The van der Waals surface area contributed by atoms with Gasteiger partial charge in [0.2, 0.25) is 0 Å². The van der Waals surface area contributed by atoms with Crippen molar-refractivity contribution in [3.63, 3.8) is 0 Å². The average molecular weight is 690 g/mol. The zero-order chi connectivity index (χ0) is 35.8. The van der Waals surface area contributed by atoms with Crippen LogP contribution in [0.5, 0.6) is 0 Å². The third kappa shape index (κ3) is 5.53. The average Bonchev–Trinajstić information content (AvgIpc) is 3.65. The van der Waals surface area contributed by atoms with E-state index in [0.29, 0.717) is 0 Å². The molecule has 2 heteroatoms. The monoisotopic (exact) mass is 689 g/mol. The van der Waals surface area contributed by atoms with Crippen LogP contribution >= 0.6 is 0 Å². The minimum atomic E-state index is 0.866. The van der Waals surface area contributed by atoms with Crippen LogP contribution < -0.4 is 4.90 Å². The summed E-state index contributed by atoms with van der Waals surface area (Å²) in [5.41, 5.74) is 14.2. The highest BCUT2D eigenvalue weighted by Gasteiger charge is 2.23. The van der Waals surface area contributed by atoms with Crippen LogP contribution in [0.15, 0.2) is 217 Å². The first-order chi connectivity index (χ1) is 26.8. The Kier molecular flexibility index (Phi) is 7.85. The summed E-state index contributed by atoms with van der Waals surface area (Å²) in [6.07, 6.45) is 0. The Morgan fingerprint density at radius 2 is 0.870 bits per heavy atom. The summed E-state index contributed by atoms with van der Waals surface area (Å²) in [4.78, 5) is 2.40. The predicted molar refractivity (Wildman–Crippen MR) is 228 cm³/mol. The summed E-state index contributed by atoms with van der Waals surface area (Å²) in [7, 11) is 0. The van der Waals surface area contributed by atoms with Crippen molar-refractivity contribution in [1.82, 2.24) is 0 Å². The fourth-order valence-electron chi connectivity index (χ4n) is 7.97. The molecule has 254 valence electrons. The molecule has 0 amide bonds. The quantitative estimate of drug-likeness (QED) is 0.166. The molecule has 0 unspecified atom stereocenters. The molecule has 0 fully saturated rings. The zero-order valence-corrected chi connectivity index (χ0v) is 29.6. The van der Waals surface area contributed by atoms with Gasteiger partial charge in [-0.1, -0.05) is 170 Å². The second-order valence-corrected chi connectivity index (χ2v) is 13.7. The van der Waals surface area contributed by atoms with E-state index in [0.717, 1.165) is 61.3 Å². The first-order valence-electron chi connectivity index (χ1n) is 18.4. The lowest BCUT2D eigenvalue weighted by atomic mass is 9.94. The van der Waals surface area contributed by atoms with Crippen molar-refractivity contribution >= 4 is 49.8 Å². The van der Waals surface area contributed by atoms with Gasteiger partial charge < -0.3 is 9.32 Å². The van der Waals surface area contributed by atoms with Gasteiger partial charge in [-0.15, -0.1) is 0 Å². The van der Waals surface area contributed by atoms with Crippen molar-refractivity contribution in [2.24, 2.45) is 0 Å². The van der Waals surface area contributed by atoms with E-state index in [9.17, 15) is 0 Å². The summed E-state index contributed by atoms with van der Waals surface area (Å²) >= 11 is 0. The fourth-order valence-corrected chi connectivity index (χ4v) is 7.97. The number of hydrogen-bond acceptors (Lipinski definition) is 2. The van der Waals surface area contributed by atoms with Gasteiger partial charge in [-0.25, -0.2) is 0 Å². The van der Waals surface area contributed by atoms with Gasteiger partial charge in [-0.3, -0.25) is 0 Å². The standard InChI is InChI=1S/C52H35NO/c1-3-16-36(17-4-1)39-22-13-24-41(34-39)53(42-25-14-23-40(35-42)45-28-10-9-26-43(45)37-18-5-2-6-19-37)49-33-32-47(46-30-15-21-38-20-7-8-27-44(38)46)52-51(49)48-29-11-12-31-50(48)54-52/h1-35H. The summed E-state index contributed by atoms with van der Waals surface area (Å²) in [5, 5.41) is 4.57. The number of benzene rings is 9. The van der Waals surface area contributed by atoms with Gasteiger partial charge in [0.15, 0.2) is 0 Å². The molecule has 0 radical (unpaired) electrons. The van der Waals surface area contributed by atoms with Crippen LogP contribution in [-0.4, -0.2) is 0 Å². The van der Waals surface area contributed by atoms with E-state index in [-0.39, 0.29) is 0 Å². The molecule has 0 aliphatic carbocycles. The first kappa shape index (κ1) is 31.6. The smallest absolute Gasteiger partial charge is 0.145 e. The van der Waals surface area contributed by atoms with E-state index in [4.69, 9.17) is 4.42 Å². The number of rotatable bonds is 7. The second-order valence-electron chi connectivity index (χ2n) is 13.7. The maximum Gasteiger partial charge on any atom is 0.145 e. The SMILES string of the molecule is c1ccc(-c2cccc(N(c3cccc(-c4ccccc4-c4ccccc4)c3)c3ccc(-c4cccc5ccccc45)c4oc5ccccc5c34)c2)cc1. The summed E-state index contributed by atoms with van der Waals surface area (Å²) < 4.78 is 6.87. The van der Waals surface area contributed by atoms with E-state index in [1.54, 1.807) is 0 Å². The molecule has 10 aromatic rings. The van der Waals surface area contributed by atoms with Gasteiger partial charge in [0.05, 0.1) is 11.1 Å². The Balaban J connectivity index is 1.24. The predicted octanol–water partition coefficient (Wildman–Crippen LogP) is 14.9. The van der Waals surface area contributed by atoms with Crippen LogP contribution in [-0.2, 0) is 0 Å². The molecular weight excluding hydrogens is 655 g/mol. The van der Waals surface area contributed by atoms with E-state index in [1.807, 2.05) is 0 Å². The van der Waals surface area contributed by atoms with Crippen LogP contribution in [0.4, 0.5) is 17.1 Å². The van der Waals surface area contributed by atoms with Gasteiger partial charge in [0.25, 0.3) is 0 Å². The Morgan fingerprint density at radius 1 is 0.333 bits per heavy atom. The number of hydrogen-bond donors (Lipinski definition) is 0. The molecule has 9 aromatic carbocycles. The topological polar surface area (TPSA) is 16.4 Å². The van der Waals surface area contributed by atoms with E-state index >= 15 is 0 Å². The number of furan rings is 1. The molecule has 0 aliphatic rings. The molecule has 1 heterocycles.